The van der Waals surface area contributed by atoms with E-state index in [1.165, 1.54) is 4.68 Å². The van der Waals surface area contributed by atoms with Crippen molar-refractivity contribution in [3.05, 3.63) is 30.6 Å². The van der Waals surface area contributed by atoms with Crippen LogP contribution in [-0.2, 0) is 14.3 Å². The summed E-state index contributed by atoms with van der Waals surface area (Å²) < 4.78 is 6.11. The van der Waals surface area contributed by atoms with Crippen LogP contribution in [0.5, 0.6) is 0 Å². The Hall–Kier alpha value is -1.91. The third-order valence-corrected chi connectivity index (χ3v) is 1.58. The van der Waals surface area contributed by atoms with Crippen molar-refractivity contribution in [2.75, 3.05) is 12.0 Å². The van der Waals surface area contributed by atoms with Crippen LogP contribution >= 0.6 is 0 Å². The molecular weight excluding hydrogens is 196 g/mol. The normalized spacial score (nSPS) is 9.40. The van der Waals surface area contributed by atoms with E-state index in [0.29, 0.717) is 0 Å². The van der Waals surface area contributed by atoms with Crippen molar-refractivity contribution < 1.29 is 19.0 Å². The Balaban J connectivity index is 2.40. The first-order chi connectivity index (χ1) is 7.22. The van der Waals surface area contributed by atoms with Crippen molar-refractivity contribution >= 4 is 11.9 Å². The lowest BCUT2D eigenvalue weighted by atomic mass is 10.4. The Morgan fingerprint density at radius 2 is 1.93 bits per heavy atom. The van der Waals surface area contributed by atoms with Crippen LogP contribution in [0, 0.1) is 0 Å². The number of hydrogen-bond donors (Lipinski definition) is 1. The number of carbonyl (C=O) groups excluding carboxylic acids is 2. The molecule has 0 atom stereocenters. The minimum atomic E-state index is -0.522. The second-order valence-corrected chi connectivity index (χ2v) is 2.80. The van der Waals surface area contributed by atoms with Crippen LogP contribution < -0.4 is 10.1 Å². The van der Waals surface area contributed by atoms with Gasteiger partial charge in [0.1, 0.15) is 6.42 Å². The monoisotopic (exact) mass is 209 g/mol. The molecular formula is C10H13N2O3+. The first kappa shape index (κ1) is 11.2. The van der Waals surface area contributed by atoms with Gasteiger partial charge in [0.15, 0.2) is 12.4 Å². The fourth-order valence-electron chi connectivity index (χ4n) is 1.000. The molecule has 0 aromatic carbocycles. The SMILES string of the molecule is CCOC(=O)CC(=O)N[n+]1ccccc1. The molecule has 0 aliphatic heterocycles. The average molecular weight is 209 g/mol. The zero-order valence-electron chi connectivity index (χ0n) is 8.47. The van der Waals surface area contributed by atoms with Gasteiger partial charge in [0, 0.05) is 12.1 Å². The van der Waals surface area contributed by atoms with E-state index in [9.17, 15) is 9.59 Å². The lowest BCUT2D eigenvalue weighted by Gasteiger charge is -2.00. The number of hydrogen-bond acceptors (Lipinski definition) is 3. The zero-order chi connectivity index (χ0) is 11.1. The van der Waals surface area contributed by atoms with Crippen LogP contribution in [-0.4, -0.2) is 18.5 Å². The Kier molecular flexibility index (Phi) is 4.28. The third kappa shape index (κ3) is 4.21. The fraction of sp³-hybridized carbons (Fsp3) is 0.300. The molecule has 0 fully saturated rings. The van der Waals surface area contributed by atoms with Crippen molar-refractivity contribution in [2.24, 2.45) is 0 Å². The molecule has 0 aliphatic rings. The number of esters is 1. The van der Waals surface area contributed by atoms with E-state index in [4.69, 9.17) is 0 Å². The number of nitrogens with one attached hydrogen (secondary N) is 1. The summed E-state index contributed by atoms with van der Waals surface area (Å²) in [7, 11) is 0. The topological polar surface area (TPSA) is 59.3 Å². The molecule has 5 nitrogen and oxygen atoms in total. The Labute approximate surface area is 87.6 Å². The summed E-state index contributed by atoms with van der Waals surface area (Å²) in [6.45, 7) is 1.98. The quantitative estimate of drug-likeness (QED) is 0.431. The highest BCUT2D eigenvalue weighted by molar-refractivity contribution is 5.97. The molecule has 1 aromatic heterocycles. The maximum absolute atomic E-state index is 11.3. The molecule has 1 aromatic rings. The maximum atomic E-state index is 11.3. The van der Waals surface area contributed by atoms with Gasteiger partial charge in [-0.25, -0.2) is 0 Å². The van der Waals surface area contributed by atoms with E-state index < -0.39 is 11.9 Å². The molecule has 80 valence electrons. The lowest BCUT2D eigenvalue weighted by molar-refractivity contribution is -0.642. The van der Waals surface area contributed by atoms with E-state index in [1.54, 1.807) is 31.5 Å². The standard InChI is InChI=1S/C10H12N2O3/c1-2-15-10(14)8-9(13)11-12-6-4-3-5-7-12/h3-7H,2,8H2,1H3/p+1. The largest absolute Gasteiger partial charge is 0.466 e. The van der Waals surface area contributed by atoms with Crippen LogP contribution in [0.3, 0.4) is 0 Å². The number of ether oxygens (including phenoxy) is 1. The molecule has 0 bridgehead atoms. The van der Waals surface area contributed by atoms with Crippen molar-refractivity contribution in [3.63, 3.8) is 0 Å². The number of aromatic nitrogens is 1. The van der Waals surface area contributed by atoms with Gasteiger partial charge in [-0.2, -0.15) is 0 Å². The molecule has 0 saturated carbocycles. The molecule has 1 N–H and O–H groups in total. The number of rotatable bonds is 4. The zero-order valence-corrected chi connectivity index (χ0v) is 8.47. The van der Waals surface area contributed by atoms with Crippen LogP contribution in [0.15, 0.2) is 30.6 Å². The van der Waals surface area contributed by atoms with Crippen molar-refractivity contribution in [1.82, 2.24) is 0 Å². The van der Waals surface area contributed by atoms with Gasteiger partial charge in [-0.05, 0) is 6.92 Å². The van der Waals surface area contributed by atoms with E-state index in [2.05, 4.69) is 10.2 Å². The van der Waals surface area contributed by atoms with Crippen molar-refractivity contribution in [3.8, 4) is 0 Å². The van der Waals surface area contributed by atoms with E-state index in [-0.39, 0.29) is 13.0 Å². The summed E-state index contributed by atoms with van der Waals surface area (Å²) in [6.07, 6.45) is 3.07. The minimum Gasteiger partial charge on any atom is -0.466 e. The summed E-state index contributed by atoms with van der Waals surface area (Å²) in [6, 6.07) is 5.36. The first-order valence-electron chi connectivity index (χ1n) is 4.64. The average Bonchev–Trinajstić information content (AvgIpc) is 2.19. The highest BCUT2D eigenvalue weighted by atomic mass is 16.5. The molecule has 0 spiro atoms. The molecule has 1 amide bonds. The minimum absolute atomic E-state index is 0.268. The second-order valence-electron chi connectivity index (χ2n) is 2.80. The van der Waals surface area contributed by atoms with Gasteiger partial charge >= 0.3 is 5.97 Å². The van der Waals surface area contributed by atoms with Gasteiger partial charge in [-0.15, -0.1) is 5.43 Å². The summed E-state index contributed by atoms with van der Waals surface area (Å²) in [5.41, 5.74) is 2.51. The highest BCUT2D eigenvalue weighted by Crippen LogP contribution is 1.86. The summed E-state index contributed by atoms with van der Waals surface area (Å²) in [4.78, 5) is 22.2. The molecule has 5 heteroatoms. The maximum Gasteiger partial charge on any atom is 0.315 e. The predicted octanol–water partition coefficient (Wildman–Crippen LogP) is -0.00260. The summed E-state index contributed by atoms with van der Waals surface area (Å²) in [5.74, 6) is -0.920. The van der Waals surface area contributed by atoms with Crippen molar-refractivity contribution in [1.29, 1.82) is 0 Å². The summed E-state index contributed by atoms with van der Waals surface area (Å²) in [5, 5.41) is 0. The number of carbonyl (C=O) groups is 2. The second kappa shape index (κ2) is 5.74. The third-order valence-electron chi connectivity index (χ3n) is 1.58. The fourth-order valence-corrected chi connectivity index (χ4v) is 1.000. The van der Waals surface area contributed by atoms with Gasteiger partial charge < -0.3 is 4.74 Å². The molecule has 0 unspecified atom stereocenters. The highest BCUT2D eigenvalue weighted by Gasteiger charge is 2.13. The molecule has 0 radical (unpaired) electrons. The lowest BCUT2D eigenvalue weighted by Crippen LogP contribution is -2.48. The van der Waals surface area contributed by atoms with Gasteiger partial charge in [-0.1, -0.05) is 10.7 Å². The smallest absolute Gasteiger partial charge is 0.315 e. The van der Waals surface area contributed by atoms with E-state index in [0.717, 1.165) is 0 Å². The van der Waals surface area contributed by atoms with Gasteiger partial charge in [0.05, 0.1) is 6.61 Å². The number of nitrogens with zero attached hydrogens (tertiary/aromatic N) is 1. The van der Waals surface area contributed by atoms with Crippen LogP contribution in [0.4, 0.5) is 0 Å². The van der Waals surface area contributed by atoms with Gasteiger partial charge in [-0.3, -0.25) is 9.59 Å². The van der Waals surface area contributed by atoms with E-state index in [1.807, 2.05) is 6.07 Å². The number of pyridine rings is 1. The van der Waals surface area contributed by atoms with Crippen molar-refractivity contribution in [2.45, 2.75) is 13.3 Å². The van der Waals surface area contributed by atoms with Crippen LogP contribution in [0.25, 0.3) is 0 Å². The number of amides is 1. The molecule has 0 saturated heterocycles. The predicted molar refractivity (Wildman–Crippen MR) is 52.3 cm³/mol. The Morgan fingerprint density at radius 1 is 1.27 bits per heavy atom. The van der Waals surface area contributed by atoms with Crippen LogP contribution in [0.2, 0.25) is 0 Å². The van der Waals surface area contributed by atoms with E-state index >= 15 is 0 Å². The van der Waals surface area contributed by atoms with Gasteiger partial charge in [0.25, 0.3) is 5.91 Å². The summed E-state index contributed by atoms with van der Waals surface area (Å²) >= 11 is 0. The molecule has 1 heterocycles. The van der Waals surface area contributed by atoms with Gasteiger partial charge in [0.2, 0.25) is 0 Å². The molecule has 0 aliphatic carbocycles. The molecule has 15 heavy (non-hydrogen) atoms. The van der Waals surface area contributed by atoms with Crippen LogP contribution in [0.1, 0.15) is 13.3 Å². The Bertz CT molecular complexity index is 338. The Morgan fingerprint density at radius 3 is 2.53 bits per heavy atom. The molecule has 1 rings (SSSR count). The first-order valence-corrected chi connectivity index (χ1v) is 4.64.